The van der Waals surface area contributed by atoms with Crippen LogP contribution in [0.2, 0.25) is 10.0 Å². The Hall–Kier alpha value is -0.480. The minimum atomic E-state index is -0.0501. The number of benzene rings is 1. The van der Waals surface area contributed by atoms with E-state index in [0.717, 1.165) is 6.54 Å². The maximum atomic E-state index is 12.3. The van der Waals surface area contributed by atoms with E-state index in [1.807, 2.05) is 0 Å². The van der Waals surface area contributed by atoms with Crippen LogP contribution in [-0.2, 0) is 0 Å². The number of halogens is 3. The highest BCUT2D eigenvalue weighted by Gasteiger charge is 2.23. The number of nitrogens with one attached hydrogen (secondary N) is 1. The zero-order chi connectivity index (χ0) is 12.4. The van der Waals surface area contributed by atoms with E-state index in [4.69, 9.17) is 23.2 Å². The number of hydrogen-bond acceptors (Lipinski definition) is 2. The molecule has 1 atom stereocenters. The van der Waals surface area contributed by atoms with Gasteiger partial charge in [0, 0.05) is 30.7 Å². The molecule has 1 aliphatic heterocycles. The van der Waals surface area contributed by atoms with Crippen molar-refractivity contribution >= 4 is 41.5 Å². The second-order valence-corrected chi connectivity index (χ2v) is 5.07. The van der Waals surface area contributed by atoms with Crippen LogP contribution in [0, 0.1) is 0 Å². The Balaban J connectivity index is 0.00000162. The molecule has 18 heavy (non-hydrogen) atoms. The molecule has 1 saturated heterocycles. The molecular formula is C12H15Cl3N2O. The van der Waals surface area contributed by atoms with Gasteiger partial charge < -0.3 is 10.2 Å². The summed E-state index contributed by atoms with van der Waals surface area (Å²) in [5.41, 5.74) is 0.480. The second kappa shape index (κ2) is 6.62. The molecule has 100 valence electrons. The van der Waals surface area contributed by atoms with Crippen molar-refractivity contribution in [3.05, 3.63) is 33.8 Å². The summed E-state index contributed by atoms with van der Waals surface area (Å²) in [6.07, 6.45) is 0. The summed E-state index contributed by atoms with van der Waals surface area (Å²) in [6, 6.07) is 5.27. The van der Waals surface area contributed by atoms with Gasteiger partial charge >= 0.3 is 0 Å². The van der Waals surface area contributed by atoms with Gasteiger partial charge in [0.2, 0.25) is 0 Å². The van der Waals surface area contributed by atoms with Crippen LogP contribution in [0.25, 0.3) is 0 Å². The lowest BCUT2D eigenvalue weighted by molar-refractivity contribution is 0.0709. The van der Waals surface area contributed by atoms with Crippen molar-refractivity contribution in [1.29, 1.82) is 0 Å². The number of amides is 1. The van der Waals surface area contributed by atoms with Crippen molar-refractivity contribution in [3.63, 3.8) is 0 Å². The third kappa shape index (κ3) is 3.51. The van der Waals surface area contributed by atoms with Gasteiger partial charge in [-0.2, -0.15) is 0 Å². The summed E-state index contributed by atoms with van der Waals surface area (Å²) in [4.78, 5) is 14.1. The molecule has 0 radical (unpaired) electrons. The molecule has 3 nitrogen and oxygen atoms in total. The first-order valence-electron chi connectivity index (χ1n) is 5.55. The third-order valence-electron chi connectivity index (χ3n) is 2.81. The van der Waals surface area contributed by atoms with Crippen LogP contribution in [0.15, 0.2) is 18.2 Å². The molecule has 6 heteroatoms. The zero-order valence-electron chi connectivity index (χ0n) is 9.95. The van der Waals surface area contributed by atoms with E-state index >= 15 is 0 Å². The van der Waals surface area contributed by atoms with Crippen molar-refractivity contribution in [2.24, 2.45) is 0 Å². The standard InChI is InChI=1S/C12H14Cl2N2O.ClH/c1-8-7-16(5-4-15-8)12(17)10-6-9(13)2-3-11(10)14;/h2-3,6,8,15H,4-5,7H2,1H3;1H/t8-;/m0./s1. The molecule has 0 aromatic heterocycles. The van der Waals surface area contributed by atoms with Crippen LogP contribution in [0.1, 0.15) is 17.3 Å². The van der Waals surface area contributed by atoms with Gasteiger partial charge in [-0.3, -0.25) is 4.79 Å². The quantitative estimate of drug-likeness (QED) is 0.865. The highest BCUT2D eigenvalue weighted by molar-refractivity contribution is 6.35. The van der Waals surface area contributed by atoms with Crippen LogP contribution < -0.4 is 5.32 Å². The van der Waals surface area contributed by atoms with E-state index in [9.17, 15) is 4.79 Å². The molecule has 1 amide bonds. The Morgan fingerprint density at radius 3 is 2.83 bits per heavy atom. The molecule has 0 unspecified atom stereocenters. The minimum absolute atomic E-state index is 0. The first kappa shape index (κ1) is 15.6. The molecule has 1 N–H and O–H groups in total. The molecule has 1 fully saturated rings. The molecule has 1 aromatic carbocycles. The van der Waals surface area contributed by atoms with Crippen molar-refractivity contribution in [2.75, 3.05) is 19.6 Å². The van der Waals surface area contributed by atoms with E-state index in [1.165, 1.54) is 0 Å². The predicted molar refractivity (Wildman–Crippen MR) is 77.1 cm³/mol. The number of carbonyl (C=O) groups is 1. The number of rotatable bonds is 1. The van der Waals surface area contributed by atoms with Crippen molar-refractivity contribution in [1.82, 2.24) is 10.2 Å². The van der Waals surface area contributed by atoms with Crippen LogP contribution in [0.5, 0.6) is 0 Å². The Labute approximate surface area is 123 Å². The maximum absolute atomic E-state index is 12.3. The summed E-state index contributed by atoms with van der Waals surface area (Å²) < 4.78 is 0. The average Bonchev–Trinajstić information content (AvgIpc) is 2.31. The first-order chi connectivity index (χ1) is 8.08. The zero-order valence-corrected chi connectivity index (χ0v) is 12.3. The summed E-state index contributed by atoms with van der Waals surface area (Å²) in [7, 11) is 0. The lowest BCUT2D eigenvalue weighted by atomic mass is 10.1. The van der Waals surface area contributed by atoms with E-state index < -0.39 is 0 Å². The molecule has 2 rings (SSSR count). The van der Waals surface area contributed by atoms with Crippen LogP contribution in [0.3, 0.4) is 0 Å². The first-order valence-corrected chi connectivity index (χ1v) is 6.31. The van der Waals surface area contributed by atoms with E-state index in [-0.39, 0.29) is 18.3 Å². The summed E-state index contributed by atoms with van der Waals surface area (Å²) in [5.74, 6) is -0.0501. The Morgan fingerprint density at radius 1 is 1.44 bits per heavy atom. The fourth-order valence-corrected chi connectivity index (χ4v) is 2.32. The fraction of sp³-hybridized carbons (Fsp3) is 0.417. The molecule has 0 spiro atoms. The van der Waals surface area contributed by atoms with Crippen molar-refractivity contribution in [3.8, 4) is 0 Å². The monoisotopic (exact) mass is 308 g/mol. The molecule has 0 saturated carbocycles. The van der Waals surface area contributed by atoms with Crippen molar-refractivity contribution in [2.45, 2.75) is 13.0 Å². The molecule has 1 aromatic rings. The number of carbonyl (C=O) groups excluding carboxylic acids is 1. The van der Waals surface area contributed by atoms with Gasteiger partial charge in [-0.15, -0.1) is 12.4 Å². The van der Waals surface area contributed by atoms with Crippen LogP contribution in [-0.4, -0.2) is 36.5 Å². The molecule has 0 bridgehead atoms. The van der Waals surface area contributed by atoms with Crippen molar-refractivity contribution < 1.29 is 4.79 Å². The van der Waals surface area contributed by atoms with Gasteiger partial charge in [-0.1, -0.05) is 23.2 Å². The van der Waals surface area contributed by atoms with E-state index in [0.29, 0.717) is 34.7 Å². The Kier molecular flexibility index (Phi) is 5.73. The average molecular weight is 310 g/mol. The summed E-state index contributed by atoms with van der Waals surface area (Å²) >= 11 is 11.9. The predicted octanol–water partition coefficient (Wildman–Crippen LogP) is 2.85. The van der Waals surface area contributed by atoms with Gasteiger partial charge in [0.15, 0.2) is 0 Å². The minimum Gasteiger partial charge on any atom is -0.336 e. The summed E-state index contributed by atoms with van der Waals surface area (Å²) in [5, 5.41) is 4.27. The van der Waals surface area contributed by atoms with E-state index in [2.05, 4.69) is 12.2 Å². The van der Waals surface area contributed by atoms with Gasteiger partial charge in [0.25, 0.3) is 5.91 Å². The highest BCUT2D eigenvalue weighted by atomic mass is 35.5. The van der Waals surface area contributed by atoms with Gasteiger partial charge in [0.1, 0.15) is 0 Å². The second-order valence-electron chi connectivity index (χ2n) is 4.23. The topological polar surface area (TPSA) is 32.3 Å². The third-order valence-corrected chi connectivity index (χ3v) is 3.38. The van der Waals surface area contributed by atoms with E-state index in [1.54, 1.807) is 23.1 Å². The molecule has 0 aliphatic carbocycles. The number of nitrogens with zero attached hydrogens (tertiary/aromatic N) is 1. The van der Waals surface area contributed by atoms with Gasteiger partial charge in [-0.25, -0.2) is 0 Å². The molecule has 1 heterocycles. The maximum Gasteiger partial charge on any atom is 0.255 e. The smallest absolute Gasteiger partial charge is 0.255 e. The summed E-state index contributed by atoms with van der Waals surface area (Å²) in [6.45, 7) is 4.26. The molecule has 1 aliphatic rings. The van der Waals surface area contributed by atoms with Crippen LogP contribution in [0.4, 0.5) is 0 Å². The Morgan fingerprint density at radius 2 is 2.17 bits per heavy atom. The normalized spacial score (nSPS) is 19.3. The highest BCUT2D eigenvalue weighted by Crippen LogP contribution is 2.22. The van der Waals surface area contributed by atoms with Gasteiger partial charge in [-0.05, 0) is 25.1 Å². The Bertz CT molecular complexity index is 439. The number of piperazine rings is 1. The molecular weight excluding hydrogens is 295 g/mol. The SMILES string of the molecule is C[C@H]1CN(C(=O)c2cc(Cl)ccc2Cl)CCN1.Cl. The fourth-order valence-electron chi connectivity index (χ4n) is 1.95. The lowest BCUT2D eigenvalue weighted by Gasteiger charge is -2.32. The van der Waals surface area contributed by atoms with Crippen LogP contribution >= 0.6 is 35.6 Å². The largest absolute Gasteiger partial charge is 0.336 e. The lowest BCUT2D eigenvalue weighted by Crippen LogP contribution is -2.51. The number of hydrogen-bond donors (Lipinski definition) is 1. The van der Waals surface area contributed by atoms with Gasteiger partial charge in [0.05, 0.1) is 10.6 Å².